The summed E-state index contributed by atoms with van der Waals surface area (Å²) in [6.07, 6.45) is 2.95. The van der Waals surface area contributed by atoms with E-state index in [9.17, 15) is 4.79 Å². The third-order valence-corrected chi connectivity index (χ3v) is 5.00. The van der Waals surface area contributed by atoms with E-state index in [1.807, 2.05) is 17.0 Å². The number of halogens is 1. The lowest BCUT2D eigenvalue weighted by Gasteiger charge is -2.32. The minimum Gasteiger partial charge on any atom is -0.340 e. The molecule has 3 rings (SSSR count). The zero-order valence-electron chi connectivity index (χ0n) is 10.7. The van der Waals surface area contributed by atoms with E-state index in [-0.39, 0.29) is 29.6 Å². The third kappa shape index (κ3) is 3.07. The Labute approximate surface area is 124 Å². The lowest BCUT2D eigenvalue weighted by atomic mass is 10.0. The van der Waals surface area contributed by atoms with Crippen molar-refractivity contribution < 1.29 is 4.79 Å². The lowest BCUT2D eigenvalue weighted by molar-refractivity contribution is -0.131. The topological polar surface area (TPSA) is 46.3 Å². The van der Waals surface area contributed by atoms with Gasteiger partial charge in [0.15, 0.2) is 0 Å². The van der Waals surface area contributed by atoms with Crippen LogP contribution in [0.3, 0.4) is 0 Å². The summed E-state index contributed by atoms with van der Waals surface area (Å²) in [6, 6.07) is 8.47. The van der Waals surface area contributed by atoms with Crippen LogP contribution in [0.4, 0.5) is 0 Å². The maximum atomic E-state index is 12.5. The number of nitrogens with zero attached hydrogens (tertiary/aromatic N) is 1. The van der Waals surface area contributed by atoms with Gasteiger partial charge in [0.05, 0.1) is 5.25 Å². The standard InChI is InChI=1S/C14H18N2OS.ClH/c15-11-5-3-7-16(9-11)14(17)13-8-10-4-1-2-6-12(10)18-13;/h1-2,4,6,11,13H,3,5,7-9,15H2;1H. The molecular weight excluding hydrogens is 280 g/mol. The zero-order chi connectivity index (χ0) is 12.5. The Kier molecular flexibility index (Phi) is 4.76. The molecule has 104 valence electrons. The number of nitrogens with two attached hydrogens (primary N) is 1. The van der Waals surface area contributed by atoms with E-state index >= 15 is 0 Å². The second-order valence-corrected chi connectivity index (χ2v) is 6.35. The predicted octanol–water partition coefficient (Wildman–Crippen LogP) is 2.07. The fourth-order valence-electron chi connectivity index (χ4n) is 2.73. The molecule has 5 heteroatoms. The highest BCUT2D eigenvalue weighted by Gasteiger charge is 2.32. The molecule has 2 heterocycles. The molecule has 0 aromatic heterocycles. The van der Waals surface area contributed by atoms with Gasteiger partial charge in [-0.05, 0) is 30.9 Å². The van der Waals surface area contributed by atoms with Gasteiger partial charge in [-0.15, -0.1) is 24.2 Å². The molecule has 0 spiro atoms. The molecule has 2 atom stereocenters. The summed E-state index contributed by atoms with van der Waals surface area (Å²) in [5.41, 5.74) is 7.25. The molecule has 0 aliphatic carbocycles. The summed E-state index contributed by atoms with van der Waals surface area (Å²) in [5, 5.41) is 0.0627. The van der Waals surface area contributed by atoms with Crippen molar-refractivity contribution in [3.8, 4) is 0 Å². The van der Waals surface area contributed by atoms with Crippen molar-refractivity contribution in [2.45, 2.75) is 35.4 Å². The van der Waals surface area contributed by atoms with Crippen LogP contribution in [0.15, 0.2) is 29.2 Å². The van der Waals surface area contributed by atoms with Crippen molar-refractivity contribution in [3.63, 3.8) is 0 Å². The Hall–Kier alpha value is -0.710. The molecule has 1 aromatic rings. The number of likely N-dealkylation sites (tertiary alicyclic amines) is 1. The number of hydrogen-bond donors (Lipinski definition) is 1. The van der Waals surface area contributed by atoms with Gasteiger partial charge < -0.3 is 10.6 Å². The number of amides is 1. The van der Waals surface area contributed by atoms with Gasteiger partial charge in [-0.3, -0.25) is 4.79 Å². The normalized spacial score (nSPS) is 25.6. The minimum atomic E-state index is 0. The maximum absolute atomic E-state index is 12.5. The number of carbonyl (C=O) groups is 1. The van der Waals surface area contributed by atoms with Crippen LogP contribution < -0.4 is 5.73 Å². The van der Waals surface area contributed by atoms with Gasteiger partial charge in [-0.2, -0.15) is 0 Å². The third-order valence-electron chi connectivity index (χ3n) is 3.69. The molecule has 3 nitrogen and oxygen atoms in total. The van der Waals surface area contributed by atoms with Crippen LogP contribution in [0.25, 0.3) is 0 Å². The van der Waals surface area contributed by atoms with Gasteiger partial charge in [-0.1, -0.05) is 18.2 Å². The number of thioether (sulfide) groups is 1. The number of rotatable bonds is 1. The van der Waals surface area contributed by atoms with Crippen LogP contribution in [-0.2, 0) is 11.2 Å². The van der Waals surface area contributed by atoms with Gasteiger partial charge in [0, 0.05) is 24.0 Å². The Bertz CT molecular complexity index is 444. The van der Waals surface area contributed by atoms with Crippen molar-refractivity contribution in [2.75, 3.05) is 13.1 Å². The molecule has 2 N–H and O–H groups in total. The summed E-state index contributed by atoms with van der Waals surface area (Å²) in [7, 11) is 0. The Balaban J connectivity index is 0.00000133. The molecule has 0 saturated carbocycles. The van der Waals surface area contributed by atoms with Crippen LogP contribution in [0.2, 0.25) is 0 Å². The largest absolute Gasteiger partial charge is 0.340 e. The highest BCUT2D eigenvalue weighted by molar-refractivity contribution is 8.01. The number of hydrogen-bond acceptors (Lipinski definition) is 3. The smallest absolute Gasteiger partial charge is 0.236 e. The average Bonchev–Trinajstić information content (AvgIpc) is 2.81. The first kappa shape index (κ1) is 14.7. The SMILES string of the molecule is Cl.NC1CCCN(C(=O)C2Cc3ccccc3S2)C1. The van der Waals surface area contributed by atoms with Crippen LogP contribution in [0, 0.1) is 0 Å². The summed E-state index contributed by atoms with van der Waals surface area (Å²) in [4.78, 5) is 15.7. The molecule has 1 saturated heterocycles. The number of benzene rings is 1. The Morgan fingerprint density at radius 3 is 2.89 bits per heavy atom. The molecule has 0 bridgehead atoms. The summed E-state index contributed by atoms with van der Waals surface area (Å²) < 4.78 is 0. The number of carbonyl (C=O) groups excluding carboxylic acids is 1. The lowest BCUT2D eigenvalue weighted by Crippen LogP contribution is -2.48. The molecule has 1 aromatic carbocycles. The van der Waals surface area contributed by atoms with Crippen molar-refractivity contribution in [2.24, 2.45) is 5.73 Å². The van der Waals surface area contributed by atoms with E-state index in [0.717, 1.165) is 32.4 Å². The molecule has 2 unspecified atom stereocenters. The maximum Gasteiger partial charge on any atom is 0.236 e. The molecule has 1 fully saturated rings. The van der Waals surface area contributed by atoms with E-state index < -0.39 is 0 Å². The van der Waals surface area contributed by atoms with E-state index in [2.05, 4.69) is 12.1 Å². The first-order valence-corrected chi connectivity index (χ1v) is 7.41. The molecule has 0 radical (unpaired) electrons. The molecule has 19 heavy (non-hydrogen) atoms. The summed E-state index contributed by atoms with van der Waals surface area (Å²) in [6.45, 7) is 1.60. The van der Waals surface area contributed by atoms with Crippen molar-refractivity contribution >= 4 is 30.1 Å². The highest BCUT2D eigenvalue weighted by Crippen LogP contribution is 2.37. The highest BCUT2D eigenvalue weighted by atomic mass is 35.5. The summed E-state index contributed by atoms with van der Waals surface area (Å²) in [5.74, 6) is 0.270. The zero-order valence-corrected chi connectivity index (χ0v) is 12.4. The Morgan fingerprint density at radius 1 is 1.37 bits per heavy atom. The van der Waals surface area contributed by atoms with E-state index in [4.69, 9.17) is 5.73 Å². The van der Waals surface area contributed by atoms with Crippen molar-refractivity contribution in [3.05, 3.63) is 29.8 Å². The number of piperidine rings is 1. The van der Waals surface area contributed by atoms with Gasteiger partial charge >= 0.3 is 0 Å². The molecular formula is C14H19ClN2OS. The first-order valence-electron chi connectivity index (χ1n) is 6.53. The fraction of sp³-hybridized carbons (Fsp3) is 0.500. The Morgan fingerprint density at radius 2 is 2.16 bits per heavy atom. The van der Waals surface area contributed by atoms with Crippen LogP contribution >= 0.6 is 24.2 Å². The van der Waals surface area contributed by atoms with Gasteiger partial charge in [0.1, 0.15) is 0 Å². The molecule has 2 aliphatic heterocycles. The first-order chi connectivity index (χ1) is 8.74. The van der Waals surface area contributed by atoms with Crippen LogP contribution in [-0.4, -0.2) is 35.2 Å². The van der Waals surface area contributed by atoms with Gasteiger partial charge in [0.2, 0.25) is 5.91 Å². The number of fused-ring (bicyclic) bond motifs is 1. The van der Waals surface area contributed by atoms with Gasteiger partial charge in [0.25, 0.3) is 0 Å². The predicted molar refractivity (Wildman–Crippen MR) is 80.8 cm³/mol. The molecule has 2 aliphatic rings. The molecule has 1 amide bonds. The van der Waals surface area contributed by atoms with E-state index in [0.29, 0.717) is 0 Å². The second-order valence-electron chi connectivity index (χ2n) is 5.10. The van der Waals surface area contributed by atoms with Crippen molar-refractivity contribution in [1.82, 2.24) is 4.90 Å². The van der Waals surface area contributed by atoms with Gasteiger partial charge in [-0.25, -0.2) is 0 Å². The monoisotopic (exact) mass is 298 g/mol. The van der Waals surface area contributed by atoms with E-state index in [1.165, 1.54) is 10.5 Å². The van der Waals surface area contributed by atoms with Crippen molar-refractivity contribution in [1.29, 1.82) is 0 Å². The second kappa shape index (κ2) is 6.16. The van der Waals surface area contributed by atoms with Crippen LogP contribution in [0.1, 0.15) is 18.4 Å². The average molecular weight is 299 g/mol. The van der Waals surface area contributed by atoms with Crippen LogP contribution in [0.5, 0.6) is 0 Å². The quantitative estimate of drug-likeness (QED) is 0.863. The van der Waals surface area contributed by atoms with E-state index in [1.54, 1.807) is 11.8 Å². The fourth-order valence-corrected chi connectivity index (χ4v) is 4.01. The minimum absolute atomic E-state index is 0. The summed E-state index contributed by atoms with van der Waals surface area (Å²) >= 11 is 1.71.